The summed E-state index contributed by atoms with van der Waals surface area (Å²) in [4.78, 5) is 49.3. The van der Waals surface area contributed by atoms with Crippen molar-refractivity contribution in [2.45, 2.75) is 99.3 Å². The molecule has 2 N–H and O–H groups in total. The molecule has 0 amide bonds. The molecular formula is C30H47NO10. The lowest BCUT2D eigenvalue weighted by molar-refractivity contribution is -0.168. The second kappa shape index (κ2) is 18.2. The van der Waals surface area contributed by atoms with Gasteiger partial charge in [0.25, 0.3) is 0 Å². The normalized spacial score (nSPS) is 15.3. The van der Waals surface area contributed by atoms with Crippen molar-refractivity contribution >= 4 is 24.2 Å². The molecule has 41 heavy (non-hydrogen) atoms. The van der Waals surface area contributed by atoms with Gasteiger partial charge in [-0.05, 0) is 56.2 Å². The molecule has 0 radical (unpaired) electrons. The van der Waals surface area contributed by atoms with Crippen molar-refractivity contribution in [2.75, 3.05) is 13.2 Å². The average molecular weight is 582 g/mol. The van der Waals surface area contributed by atoms with Crippen LogP contribution in [0, 0.1) is 17.8 Å². The fourth-order valence-corrected chi connectivity index (χ4v) is 3.00. The molecule has 4 unspecified atom stereocenters. The fourth-order valence-electron chi connectivity index (χ4n) is 3.00. The van der Waals surface area contributed by atoms with Crippen LogP contribution in [0.4, 0.5) is 9.59 Å². The van der Waals surface area contributed by atoms with E-state index in [0.29, 0.717) is 12.0 Å². The van der Waals surface area contributed by atoms with Gasteiger partial charge in [0.2, 0.25) is 0 Å². The largest absolute Gasteiger partial charge is 0.513 e. The zero-order valence-corrected chi connectivity index (χ0v) is 25.6. The highest BCUT2D eigenvalue weighted by molar-refractivity contribution is 5.76. The Balaban J connectivity index is 2.95. The number of hydrogen-bond donors (Lipinski definition) is 1. The van der Waals surface area contributed by atoms with Gasteiger partial charge in [-0.1, -0.05) is 60.5 Å². The van der Waals surface area contributed by atoms with Crippen molar-refractivity contribution in [1.82, 2.24) is 0 Å². The van der Waals surface area contributed by atoms with Gasteiger partial charge >= 0.3 is 24.2 Å². The lowest BCUT2D eigenvalue weighted by Crippen LogP contribution is -2.40. The maximum atomic E-state index is 12.7. The zero-order chi connectivity index (χ0) is 31.1. The Labute approximate surface area is 243 Å². The van der Waals surface area contributed by atoms with E-state index in [2.05, 4.69) is 0 Å². The molecule has 1 rings (SSSR count). The molecule has 1 aromatic carbocycles. The first-order valence-electron chi connectivity index (χ1n) is 14.3. The Morgan fingerprint density at radius 2 is 1.20 bits per heavy atom. The molecule has 0 aliphatic carbocycles. The number of nitrogens with two attached hydrogens (primary N) is 1. The predicted molar refractivity (Wildman–Crippen MR) is 152 cm³/mol. The summed E-state index contributed by atoms with van der Waals surface area (Å²) in [6.45, 7) is 15.0. The first-order valence-corrected chi connectivity index (χ1v) is 14.3. The topological polar surface area (TPSA) is 150 Å². The third-order valence-corrected chi connectivity index (χ3v) is 6.80. The van der Waals surface area contributed by atoms with Crippen LogP contribution in [-0.2, 0) is 35.0 Å². The summed E-state index contributed by atoms with van der Waals surface area (Å²) in [7, 11) is 0. The lowest BCUT2D eigenvalue weighted by atomic mass is 10.1. The number of hydrogen-bond acceptors (Lipinski definition) is 11. The van der Waals surface area contributed by atoms with E-state index >= 15 is 0 Å². The molecule has 0 saturated carbocycles. The molecule has 6 atom stereocenters. The molecule has 0 spiro atoms. The van der Waals surface area contributed by atoms with Crippen LogP contribution >= 0.6 is 0 Å². The summed E-state index contributed by atoms with van der Waals surface area (Å²) < 4.78 is 31.7. The molecular weight excluding hydrogens is 534 g/mol. The van der Waals surface area contributed by atoms with Crippen molar-refractivity contribution in [3.8, 4) is 11.5 Å². The average Bonchev–Trinajstić information content (AvgIpc) is 2.94. The Hall–Kier alpha value is -3.34. The van der Waals surface area contributed by atoms with Gasteiger partial charge in [-0.15, -0.1) is 0 Å². The Bertz CT molecular complexity index is 997. The number of ether oxygens (including phenoxy) is 6. The monoisotopic (exact) mass is 581 g/mol. The minimum atomic E-state index is -1.08. The molecule has 11 nitrogen and oxygen atoms in total. The minimum absolute atomic E-state index is 0.0175. The van der Waals surface area contributed by atoms with Crippen LogP contribution in [0.25, 0.3) is 0 Å². The molecule has 0 bridgehead atoms. The van der Waals surface area contributed by atoms with Gasteiger partial charge in [0.05, 0.1) is 19.1 Å². The molecule has 0 fully saturated rings. The van der Waals surface area contributed by atoms with Gasteiger partial charge in [0.15, 0.2) is 11.5 Å². The number of carbonyl (C=O) groups is 4. The van der Waals surface area contributed by atoms with Crippen LogP contribution in [-0.4, -0.2) is 55.7 Å². The molecule has 0 aliphatic rings. The molecule has 0 heterocycles. The van der Waals surface area contributed by atoms with Gasteiger partial charge in [0.1, 0.15) is 18.2 Å². The van der Waals surface area contributed by atoms with E-state index in [9.17, 15) is 19.2 Å². The van der Waals surface area contributed by atoms with Gasteiger partial charge in [-0.25, -0.2) is 9.59 Å². The van der Waals surface area contributed by atoms with E-state index < -0.39 is 36.5 Å². The summed E-state index contributed by atoms with van der Waals surface area (Å²) in [5, 5.41) is 0. The van der Waals surface area contributed by atoms with Gasteiger partial charge < -0.3 is 34.2 Å². The predicted octanol–water partition coefficient (Wildman–Crippen LogP) is 5.59. The van der Waals surface area contributed by atoms with E-state index in [1.54, 1.807) is 26.8 Å². The smallest absolute Gasteiger partial charge is 0.459 e. The summed E-state index contributed by atoms with van der Waals surface area (Å²) in [6.07, 6.45) is -1.03. The quantitative estimate of drug-likeness (QED) is 0.148. The summed E-state index contributed by atoms with van der Waals surface area (Å²) in [6, 6.07) is 3.33. The number of rotatable bonds is 16. The summed E-state index contributed by atoms with van der Waals surface area (Å²) in [5.41, 5.74) is 6.60. The second-order valence-electron chi connectivity index (χ2n) is 10.5. The molecule has 1 aromatic rings. The third-order valence-electron chi connectivity index (χ3n) is 6.80. The number of benzene rings is 1. The van der Waals surface area contributed by atoms with Crippen molar-refractivity contribution in [2.24, 2.45) is 23.5 Å². The van der Waals surface area contributed by atoms with Gasteiger partial charge in [-0.2, -0.15) is 0 Å². The van der Waals surface area contributed by atoms with E-state index in [-0.39, 0.29) is 54.9 Å². The van der Waals surface area contributed by atoms with Crippen LogP contribution in [0.3, 0.4) is 0 Å². The van der Waals surface area contributed by atoms with Crippen LogP contribution in [0.1, 0.15) is 80.2 Å². The Morgan fingerprint density at radius 1 is 0.707 bits per heavy atom. The standard InChI is InChI=1S/C30H47NO10/c1-9-18(4)16-36-29(34)40-25-13-12-23(15-26(25)41-30(35)37-17-19(5)10-2)14-24(31)28(33)39-22(8)21(7)38-27(32)20(6)11-3/h12-13,15,18-22,24H,9-11,14,16-17,31H2,1-8H3/t18?,19?,20?,21?,22-,24-/m0/s1. The van der Waals surface area contributed by atoms with Crippen LogP contribution in [0.5, 0.6) is 11.5 Å². The van der Waals surface area contributed by atoms with Crippen molar-refractivity contribution < 1.29 is 47.6 Å². The first-order chi connectivity index (χ1) is 19.3. The fraction of sp³-hybridized carbons (Fsp3) is 0.667. The van der Waals surface area contributed by atoms with Gasteiger partial charge in [-0.3, -0.25) is 9.59 Å². The van der Waals surface area contributed by atoms with E-state index in [0.717, 1.165) is 12.8 Å². The van der Waals surface area contributed by atoms with Crippen molar-refractivity contribution in [1.29, 1.82) is 0 Å². The molecule has 232 valence electrons. The molecule has 0 aliphatic heterocycles. The van der Waals surface area contributed by atoms with Gasteiger partial charge in [0, 0.05) is 0 Å². The summed E-state index contributed by atoms with van der Waals surface area (Å²) >= 11 is 0. The van der Waals surface area contributed by atoms with Crippen LogP contribution in [0.15, 0.2) is 18.2 Å². The number of esters is 2. The van der Waals surface area contributed by atoms with Crippen molar-refractivity contribution in [3.05, 3.63) is 23.8 Å². The van der Waals surface area contributed by atoms with E-state index in [4.69, 9.17) is 34.2 Å². The Morgan fingerprint density at radius 3 is 1.68 bits per heavy atom. The maximum Gasteiger partial charge on any atom is 0.513 e. The number of carbonyl (C=O) groups excluding carboxylic acids is 4. The van der Waals surface area contributed by atoms with Crippen molar-refractivity contribution in [3.63, 3.8) is 0 Å². The molecule has 11 heteroatoms. The SMILES string of the molecule is CCC(C)COC(=O)Oc1ccc(C[C@H](N)C(=O)O[C@@H](C)C(C)OC(=O)C(C)CC)cc1OC(=O)OCC(C)CC. The van der Waals surface area contributed by atoms with Crippen LogP contribution in [0.2, 0.25) is 0 Å². The maximum absolute atomic E-state index is 12.7. The molecule has 0 aromatic heterocycles. The highest BCUT2D eigenvalue weighted by Gasteiger charge is 2.26. The summed E-state index contributed by atoms with van der Waals surface area (Å²) in [5.74, 6) is -1.22. The second-order valence-corrected chi connectivity index (χ2v) is 10.5. The molecule has 0 saturated heterocycles. The zero-order valence-electron chi connectivity index (χ0n) is 25.6. The lowest BCUT2D eigenvalue weighted by Gasteiger charge is -2.23. The highest BCUT2D eigenvalue weighted by atomic mass is 16.7. The van der Waals surface area contributed by atoms with E-state index in [1.165, 1.54) is 12.1 Å². The minimum Gasteiger partial charge on any atom is -0.459 e. The van der Waals surface area contributed by atoms with E-state index in [1.807, 2.05) is 34.6 Å². The Kier molecular flexibility index (Phi) is 15.8. The van der Waals surface area contributed by atoms with Crippen LogP contribution < -0.4 is 15.2 Å². The third kappa shape index (κ3) is 13.2. The first kappa shape index (κ1) is 35.7. The highest BCUT2D eigenvalue weighted by Crippen LogP contribution is 2.30.